The summed E-state index contributed by atoms with van der Waals surface area (Å²) in [5, 5.41) is 9.90. The normalized spacial score (nSPS) is 13.6. The molecule has 0 saturated carbocycles. The van der Waals surface area contributed by atoms with Crippen LogP contribution in [0.3, 0.4) is 0 Å². The van der Waals surface area contributed by atoms with Crippen molar-refractivity contribution in [3.63, 3.8) is 0 Å². The van der Waals surface area contributed by atoms with Gasteiger partial charge in [0.15, 0.2) is 0 Å². The van der Waals surface area contributed by atoms with E-state index in [1.165, 1.54) is 6.07 Å². The molecule has 18 heavy (non-hydrogen) atoms. The van der Waals surface area contributed by atoms with E-state index < -0.39 is 16.1 Å². The van der Waals surface area contributed by atoms with Gasteiger partial charge in [-0.05, 0) is 31.0 Å². The van der Waals surface area contributed by atoms with E-state index in [0.29, 0.717) is 17.0 Å². The third kappa shape index (κ3) is 4.24. The summed E-state index contributed by atoms with van der Waals surface area (Å²) in [5.41, 5.74) is 0.622. The Morgan fingerprint density at radius 1 is 1.44 bits per heavy atom. The number of halogens is 1. The molecule has 4 nitrogen and oxygen atoms in total. The van der Waals surface area contributed by atoms with Crippen LogP contribution in [0.2, 0.25) is 5.02 Å². The molecule has 1 atom stereocenters. The Balaban J connectivity index is 2.83. The van der Waals surface area contributed by atoms with Gasteiger partial charge >= 0.3 is 0 Å². The van der Waals surface area contributed by atoms with Crippen LogP contribution in [0.4, 0.5) is 0 Å². The van der Waals surface area contributed by atoms with E-state index in [2.05, 4.69) is 4.72 Å². The monoisotopic (exact) mass is 291 g/mol. The Morgan fingerprint density at radius 2 is 2.11 bits per heavy atom. The molecule has 0 aliphatic rings. The summed E-state index contributed by atoms with van der Waals surface area (Å²) in [5.74, 6) is 0. The number of benzene rings is 1. The highest BCUT2D eigenvalue weighted by Gasteiger charge is 2.18. The molecule has 0 fully saturated rings. The van der Waals surface area contributed by atoms with Crippen molar-refractivity contribution in [2.75, 3.05) is 6.54 Å². The summed E-state index contributed by atoms with van der Waals surface area (Å²) < 4.78 is 26.5. The van der Waals surface area contributed by atoms with E-state index in [0.717, 1.165) is 6.42 Å². The lowest BCUT2D eigenvalue weighted by atomic mass is 10.2. The van der Waals surface area contributed by atoms with Gasteiger partial charge in [0.05, 0.1) is 11.0 Å². The van der Waals surface area contributed by atoms with Crippen LogP contribution in [0.15, 0.2) is 23.1 Å². The van der Waals surface area contributed by atoms with Gasteiger partial charge in [0, 0.05) is 11.6 Å². The summed E-state index contributed by atoms with van der Waals surface area (Å²) >= 11 is 5.79. The minimum Gasteiger partial charge on any atom is -0.392 e. The zero-order valence-electron chi connectivity index (χ0n) is 10.5. The average molecular weight is 292 g/mol. The molecule has 0 amide bonds. The smallest absolute Gasteiger partial charge is 0.240 e. The molecule has 0 saturated heterocycles. The second kappa shape index (κ2) is 6.52. The molecule has 2 N–H and O–H groups in total. The zero-order valence-corrected chi connectivity index (χ0v) is 12.1. The number of aryl methyl sites for hydroxylation is 1. The summed E-state index contributed by atoms with van der Waals surface area (Å²) in [6.07, 6.45) is 0.708. The van der Waals surface area contributed by atoms with E-state index in [1.807, 2.05) is 6.92 Å². The lowest BCUT2D eigenvalue weighted by Crippen LogP contribution is -2.32. The van der Waals surface area contributed by atoms with Crippen molar-refractivity contribution in [3.05, 3.63) is 28.8 Å². The highest BCUT2D eigenvalue weighted by atomic mass is 35.5. The number of rotatable bonds is 6. The Bertz CT molecular complexity index is 502. The van der Waals surface area contributed by atoms with E-state index in [4.69, 9.17) is 11.6 Å². The predicted octanol–water partition coefficient (Wildman–Crippen LogP) is 2.09. The molecule has 1 rings (SSSR count). The maximum atomic E-state index is 12.0. The highest BCUT2D eigenvalue weighted by molar-refractivity contribution is 7.89. The number of hydrogen-bond donors (Lipinski definition) is 2. The highest BCUT2D eigenvalue weighted by Crippen LogP contribution is 2.19. The van der Waals surface area contributed by atoms with Crippen LogP contribution in [0.25, 0.3) is 0 Å². The zero-order chi connectivity index (χ0) is 13.8. The second-order valence-corrected chi connectivity index (χ2v) is 6.38. The summed E-state index contributed by atoms with van der Waals surface area (Å²) in [6.45, 7) is 3.65. The topological polar surface area (TPSA) is 66.4 Å². The molecular formula is C12H18ClNO3S. The molecular weight excluding hydrogens is 274 g/mol. The van der Waals surface area contributed by atoms with Crippen molar-refractivity contribution in [1.82, 2.24) is 4.72 Å². The van der Waals surface area contributed by atoms with Crippen molar-refractivity contribution in [2.45, 2.75) is 37.7 Å². The Labute approximate surface area is 113 Å². The van der Waals surface area contributed by atoms with E-state index in [9.17, 15) is 13.5 Å². The lowest BCUT2D eigenvalue weighted by Gasteiger charge is -2.12. The van der Waals surface area contributed by atoms with Gasteiger partial charge in [-0.15, -0.1) is 0 Å². The van der Waals surface area contributed by atoms with Crippen LogP contribution in [0, 0.1) is 6.92 Å². The number of hydrogen-bond acceptors (Lipinski definition) is 3. The number of aliphatic hydroxyl groups excluding tert-OH is 1. The lowest BCUT2D eigenvalue weighted by molar-refractivity contribution is 0.167. The van der Waals surface area contributed by atoms with Crippen molar-refractivity contribution < 1.29 is 13.5 Å². The van der Waals surface area contributed by atoms with Crippen molar-refractivity contribution in [2.24, 2.45) is 0 Å². The molecule has 6 heteroatoms. The van der Waals surface area contributed by atoms with Gasteiger partial charge in [-0.25, -0.2) is 13.1 Å². The largest absolute Gasteiger partial charge is 0.392 e. The second-order valence-electron chi connectivity index (χ2n) is 4.20. The van der Waals surface area contributed by atoms with Gasteiger partial charge in [0.2, 0.25) is 10.0 Å². The number of nitrogens with one attached hydrogen (secondary N) is 1. The molecule has 0 spiro atoms. The Morgan fingerprint density at radius 3 is 2.72 bits per heavy atom. The quantitative estimate of drug-likeness (QED) is 0.843. The third-order valence-electron chi connectivity index (χ3n) is 2.57. The fourth-order valence-corrected chi connectivity index (χ4v) is 3.16. The first-order chi connectivity index (χ1) is 8.36. The van der Waals surface area contributed by atoms with Gasteiger partial charge in [-0.2, -0.15) is 0 Å². The van der Waals surface area contributed by atoms with E-state index in [1.54, 1.807) is 19.1 Å². The minimum atomic E-state index is -3.62. The molecule has 1 aromatic rings. The maximum absolute atomic E-state index is 12.0. The van der Waals surface area contributed by atoms with Crippen molar-refractivity contribution in [1.29, 1.82) is 0 Å². The molecule has 0 bridgehead atoms. The third-order valence-corrected chi connectivity index (χ3v) is 4.37. The van der Waals surface area contributed by atoms with Crippen LogP contribution in [0.1, 0.15) is 25.3 Å². The van der Waals surface area contributed by atoms with Crippen LogP contribution >= 0.6 is 11.6 Å². The molecule has 0 aliphatic carbocycles. The van der Waals surface area contributed by atoms with Gasteiger partial charge in [-0.3, -0.25) is 0 Å². The van der Waals surface area contributed by atoms with Crippen LogP contribution in [0.5, 0.6) is 0 Å². The van der Waals surface area contributed by atoms with Crippen LogP contribution in [-0.2, 0) is 10.0 Å². The van der Waals surface area contributed by atoms with Gasteiger partial charge in [0.25, 0.3) is 0 Å². The van der Waals surface area contributed by atoms with Crippen molar-refractivity contribution >= 4 is 21.6 Å². The van der Waals surface area contributed by atoms with Gasteiger partial charge in [-0.1, -0.05) is 31.0 Å². The van der Waals surface area contributed by atoms with Crippen molar-refractivity contribution in [3.8, 4) is 0 Å². The molecule has 1 unspecified atom stereocenters. The SMILES string of the molecule is CCCC(O)CNS(=O)(=O)c1cc(Cl)ccc1C. The first-order valence-electron chi connectivity index (χ1n) is 5.80. The summed E-state index contributed by atoms with van der Waals surface area (Å²) in [7, 11) is -3.62. The minimum absolute atomic E-state index is 0.0160. The van der Waals surface area contributed by atoms with Crippen LogP contribution < -0.4 is 4.72 Å². The fraction of sp³-hybridized carbons (Fsp3) is 0.500. The summed E-state index contributed by atoms with van der Waals surface area (Å²) in [6, 6.07) is 4.70. The standard InChI is InChI=1S/C12H18ClNO3S/c1-3-4-11(15)8-14-18(16,17)12-7-10(13)6-5-9(12)2/h5-7,11,14-15H,3-4,8H2,1-2H3. The Kier molecular flexibility index (Phi) is 5.59. The molecule has 0 heterocycles. The van der Waals surface area contributed by atoms with E-state index >= 15 is 0 Å². The Hall–Kier alpha value is -0.620. The maximum Gasteiger partial charge on any atom is 0.240 e. The fourth-order valence-electron chi connectivity index (χ4n) is 1.58. The first-order valence-corrected chi connectivity index (χ1v) is 7.67. The number of aliphatic hydroxyl groups is 1. The molecule has 102 valence electrons. The molecule has 0 radical (unpaired) electrons. The average Bonchev–Trinajstić information content (AvgIpc) is 2.30. The van der Waals surface area contributed by atoms with E-state index in [-0.39, 0.29) is 11.4 Å². The predicted molar refractivity (Wildman–Crippen MR) is 72.3 cm³/mol. The number of sulfonamides is 1. The van der Waals surface area contributed by atoms with Crippen LogP contribution in [-0.4, -0.2) is 26.2 Å². The molecule has 0 aromatic heterocycles. The first kappa shape index (κ1) is 15.4. The van der Waals surface area contributed by atoms with Gasteiger partial charge < -0.3 is 5.11 Å². The van der Waals surface area contributed by atoms with Gasteiger partial charge in [0.1, 0.15) is 0 Å². The summed E-state index contributed by atoms with van der Waals surface area (Å²) in [4.78, 5) is 0.152. The molecule has 1 aromatic carbocycles. The molecule has 0 aliphatic heterocycles.